The molecule has 0 aromatic heterocycles. The number of anilines is 1. The van der Waals surface area contributed by atoms with Gasteiger partial charge in [-0.25, -0.2) is 4.79 Å². The minimum Gasteiger partial charge on any atom is -0.497 e. The van der Waals surface area contributed by atoms with Gasteiger partial charge in [-0.05, 0) is 69.5 Å². The molecule has 0 aliphatic carbocycles. The molecule has 0 radical (unpaired) electrons. The van der Waals surface area contributed by atoms with Gasteiger partial charge in [0.05, 0.1) is 7.11 Å². The lowest BCUT2D eigenvalue weighted by molar-refractivity contribution is -0.140. The van der Waals surface area contributed by atoms with Crippen LogP contribution in [0.3, 0.4) is 0 Å². The average Bonchev–Trinajstić information content (AvgIpc) is 2.82. The molecule has 0 aliphatic rings. The zero-order chi connectivity index (χ0) is 26.9. The largest absolute Gasteiger partial charge is 0.497 e. The smallest absolute Gasteiger partial charge is 0.408 e. The van der Waals surface area contributed by atoms with Crippen LogP contribution in [0.1, 0.15) is 51.3 Å². The molecule has 0 bridgehead atoms. The van der Waals surface area contributed by atoms with Gasteiger partial charge in [-0.2, -0.15) is 12.6 Å². The van der Waals surface area contributed by atoms with E-state index in [-0.39, 0.29) is 11.7 Å². The molecule has 2 N–H and O–H groups in total. The van der Waals surface area contributed by atoms with Gasteiger partial charge in [0.1, 0.15) is 23.4 Å². The normalized spacial score (nSPS) is 12.8. The van der Waals surface area contributed by atoms with Crippen LogP contribution in [0, 0.1) is 6.92 Å². The fraction of sp³-hybridized carbons (Fsp3) is 0.444. The van der Waals surface area contributed by atoms with Crippen LogP contribution in [0.15, 0.2) is 48.5 Å². The third-order valence-corrected chi connectivity index (χ3v) is 5.68. The molecule has 2 aromatic rings. The molecule has 0 fully saturated rings. The summed E-state index contributed by atoms with van der Waals surface area (Å²) in [6.07, 6.45) is -0.114. The number of thiol groups is 1. The van der Waals surface area contributed by atoms with Crippen molar-refractivity contribution >= 4 is 36.2 Å². The Kier molecular flexibility index (Phi) is 10.6. The fourth-order valence-electron chi connectivity index (χ4n) is 3.67. The summed E-state index contributed by atoms with van der Waals surface area (Å²) < 4.78 is 10.5. The highest BCUT2D eigenvalue weighted by Crippen LogP contribution is 2.28. The van der Waals surface area contributed by atoms with E-state index in [2.05, 4.69) is 23.3 Å². The Hall–Kier alpha value is -3.20. The van der Waals surface area contributed by atoms with Crippen molar-refractivity contribution in [1.29, 1.82) is 0 Å². The maximum absolute atomic E-state index is 13.7. The SMILES string of the molecule is CCCN(C(=O)C(CS)NC(=O)OC(C)(C)C)C(C(=O)Nc1ccc(OC)cc1)c1ccccc1C. The molecule has 0 saturated heterocycles. The topological polar surface area (TPSA) is 97.0 Å². The summed E-state index contributed by atoms with van der Waals surface area (Å²) >= 11 is 4.30. The number of nitrogens with zero attached hydrogens (tertiary/aromatic N) is 1. The van der Waals surface area contributed by atoms with Crippen LogP contribution in [0.2, 0.25) is 0 Å². The van der Waals surface area contributed by atoms with Crippen LogP contribution in [-0.4, -0.2) is 53.9 Å². The van der Waals surface area contributed by atoms with Gasteiger partial charge < -0.3 is 25.0 Å². The Labute approximate surface area is 219 Å². The number of ether oxygens (including phenoxy) is 2. The lowest BCUT2D eigenvalue weighted by atomic mass is 9.98. The lowest BCUT2D eigenvalue weighted by Crippen LogP contribution is -2.53. The van der Waals surface area contributed by atoms with Crippen LogP contribution >= 0.6 is 12.6 Å². The summed E-state index contributed by atoms with van der Waals surface area (Å²) in [5.41, 5.74) is 1.41. The van der Waals surface area contributed by atoms with E-state index in [1.807, 2.05) is 38.1 Å². The van der Waals surface area contributed by atoms with Gasteiger partial charge >= 0.3 is 6.09 Å². The number of alkyl carbamates (subject to hydrolysis) is 1. The first-order valence-electron chi connectivity index (χ1n) is 11.9. The van der Waals surface area contributed by atoms with Crippen molar-refractivity contribution in [2.24, 2.45) is 0 Å². The molecule has 36 heavy (non-hydrogen) atoms. The van der Waals surface area contributed by atoms with E-state index in [9.17, 15) is 14.4 Å². The highest BCUT2D eigenvalue weighted by atomic mass is 32.1. The number of carbonyl (C=O) groups is 3. The second kappa shape index (κ2) is 13.2. The second-order valence-electron chi connectivity index (χ2n) is 9.39. The summed E-state index contributed by atoms with van der Waals surface area (Å²) in [7, 11) is 1.57. The van der Waals surface area contributed by atoms with Gasteiger partial charge in [-0.3, -0.25) is 9.59 Å². The minimum absolute atomic E-state index is 0.0406. The number of carbonyl (C=O) groups excluding carboxylic acids is 3. The lowest BCUT2D eigenvalue weighted by Gasteiger charge is -2.34. The number of hydrogen-bond acceptors (Lipinski definition) is 6. The second-order valence-corrected chi connectivity index (χ2v) is 9.76. The van der Waals surface area contributed by atoms with Crippen molar-refractivity contribution in [3.8, 4) is 5.75 Å². The highest BCUT2D eigenvalue weighted by Gasteiger charge is 2.36. The van der Waals surface area contributed by atoms with E-state index in [0.29, 0.717) is 30.0 Å². The molecule has 8 nitrogen and oxygen atoms in total. The Balaban J connectivity index is 2.43. The first kappa shape index (κ1) is 29.0. The van der Waals surface area contributed by atoms with Crippen LogP contribution in [0.4, 0.5) is 10.5 Å². The molecular formula is C27H37N3O5S. The van der Waals surface area contributed by atoms with Crippen molar-refractivity contribution in [2.75, 3.05) is 24.7 Å². The van der Waals surface area contributed by atoms with Crippen molar-refractivity contribution in [3.05, 3.63) is 59.7 Å². The summed E-state index contributed by atoms with van der Waals surface area (Å²) in [4.78, 5) is 41.3. The maximum Gasteiger partial charge on any atom is 0.408 e. The summed E-state index contributed by atoms with van der Waals surface area (Å²) in [5.74, 6) is -0.0860. The number of benzene rings is 2. The number of hydrogen-bond donors (Lipinski definition) is 3. The van der Waals surface area contributed by atoms with Crippen molar-refractivity contribution in [2.45, 2.75) is 58.7 Å². The Morgan fingerprint density at radius 1 is 1.06 bits per heavy atom. The van der Waals surface area contributed by atoms with Crippen LogP contribution in [0.25, 0.3) is 0 Å². The third kappa shape index (κ3) is 8.19. The van der Waals surface area contributed by atoms with Gasteiger partial charge in [0.15, 0.2) is 0 Å². The molecule has 3 amide bonds. The quantitative estimate of drug-likeness (QED) is 0.397. The average molecular weight is 516 g/mol. The summed E-state index contributed by atoms with van der Waals surface area (Å²) in [6.45, 7) is 9.34. The molecule has 2 rings (SSSR count). The Bertz CT molecular complexity index is 1040. The van der Waals surface area contributed by atoms with E-state index in [1.165, 1.54) is 4.90 Å². The zero-order valence-electron chi connectivity index (χ0n) is 21.8. The monoisotopic (exact) mass is 515 g/mol. The molecule has 0 saturated carbocycles. The molecule has 9 heteroatoms. The molecule has 0 aliphatic heterocycles. The molecule has 0 heterocycles. The predicted octanol–water partition coefficient (Wildman–Crippen LogP) is 4.75. The van der Waals surface area contributed by atoms with Crippen LogP contribution in [-0.2, 0) is 14.3 Å². The highest BCUT2D eigenvalue weighted by molar-refractivity contribution is 7.80. The fourth-order valence-corrected chi connectivity index (χ4v) is 3.92. The van der Waals surface area contributed by atoms with Gasteiger partial charge in [-0.15, -0.1) is 0 Å². The maximum atomic E-state index is 13.7. The molecule has 196 valence electrons. The van der Waals surface area contributed by atoms with Crippen LogP contribution in [0.5, 0.6) is 5.75 Å². The van der Waals surface area contributed by atoms with E-state index < -0.39 is 29.7 Å². The Morgan fingerprint density at radius 3 is 2.22 bits per heavy atom. The third-order valence-electron chi connectivity index (χ3n) is 5.32. The van der Waals surface area contributed by atoms with E-state index in [1.54, 1.807) is 52.1 Å². The number of rotatable bonds is 10. The number of aryl methyl sites for hydroxylation is 1. The summed E-state index contributed by atoms with van der Waals surface area (Å²) in [5, 5.41) is 5.53. The van der Waals surface area contributed by atoms with Crippen LogP contribution < -0.4 is 15.4 Å². The van der Waals surface area contributed by atoms with Gasteiger partial charge in [0.2, 0.25) is 5.91 Å². The minimum atomic E-state index is -0.977. The van der Waals surface area contributed by atoms with E-state index in [4.69, 9.17) is 9.47 Å². The van der Waals surface area contributed by atoms with Crippen molar-refractivity contribution < 1.29 is 23.9 Å². The molecular weight excluding hydrogens is 478 g/mol. The predicted molar refractivity (Wildman–Crippen MR) is 145 cm³/mol. The van der Waals surface area contributed by atoms with E-state index >= 15 is 0 Å². The van der Waals surface area contributed by atoms with Gasteiger partial charge in [0.25, 0.3) is 5.91 Å². The number of amides is 3. The molecule has 2 unspecified atom stereocenters. The molecule has 2 aromatic carbocycles. The van der Waals surface area contributed by atoms with Crippen molar-refractivity contribution in [1.82, 2.24) is 10.2 Å². The number of nitrogens with one attached hydrogen (secondary N) is 2. The van der Waals surface area contributed by atoms with E-state index in [0.717, 1.165) is 5.56 Å². The van der Waals surface area contributed by atoms with Gasteiger partial charge in [-0.1, -0.05) is 31.2 Å². The molecule has 2 atom stereocenters. The standard InChI is InChI=1S/C27H37N3O5S/c1-7-16-30(25(32)22(17-36)29-26(33)35-27(3,4)5)23(21-11-9-8-10-18(21)2)24(31)28-19-12-14-20(34-6)15-13-19/h8-15,22-23,36H,7,16-17H2,1-6H3,(H,28,31)(H,29,33). The zero-order valence-corrected chi connectivity index (χ0v) is 22.7. The first-order valence-corrected chi connectivity index (χ1v) is 12.5. The number of methoxy groups -OCH3 is 1. The summed E-state index contributed by atoms with van der Waals surface area (Å²) in [6, 6.07) is 12.5. The Morgan fingerprint density at radius 2 is 1.69 bits per heavy atom. The first-order chi connectivity index (χ1) is 17.0. The van der Waals surface area contributed by atoms with Crippen molar-refractivity contribution in [3.63, 3.8) is 0 Å². The molecule has 0 spiro atoms. The van der Waals surface area contributed by atoms with Gasteiger partial charge in [0, 0.05) is 18.0 Å².